The fourth-order valence-corrected chi connectivity index (χ4v) is 1.54. The van der Waals surface area contributed by atoms with E-state index in [0.717, 1.165) is 5.56 Å². The van der Waals surface area contributed by atoms with Gasteiger partial charge in [-0.2, -0.15) is 0 Å². The molecule has 0 bridgehead atoms. The van der Waals surface area contributed by atoms with Gasteiger partial charge in [0, 0.05) is 0 Å². The van der Waals surface area contributed by atoms with Gasteiger partial charge in [-0.25, -0.2) is 13.6 Å². The summed E-state index contributed by atoms with van der Waals surface area (Å²) < 4.78 is 21.3. The lowest BCUT2D eigenvalue weighted by Gasteiger charge is -2.00. The Morgan fingerprint density at radius 1 is 1.23 bits per heavy atom. The second kappa shape index (κ2) is 3.89. The van der Waals surface area contributed by atoms with E-state index < -0.39 is 10.0 Å². The van der Waals surface area contributed by atoms with E-state index in [1.165, 1.54) is 5.56 Å². The number of sulfonamides is 1. The van der Waals surface area contributed by atoms with E-state index in [2.05, 4.69) is 0 Å². The highest BCUT2D eigenvalue weighted by Crippen LogP contribution is 2.04. The maximum absolute atomic E-state index is 10.6. The molecule has 0 saturated heterocycles. The van der Waals surface area contributed by atoms with Gasteiger partial charge >= 0.3 is 0 Å². The largest absolute Gasteiger partial charge is 0.229 e. The van der Waals surface area contributed by atoms with Crippen LogP contribution in [0.1, 0.15) is 11.1 Å². The van der Waals surface area contributed by atoms with Crippen LogP contribution >= 0.6 is 0 Å². The number of aryl methyl sites for hydroxylation is 2. The summed E-state index contributed by atoms with van der Waals surface area (Å²) >= 11 is 0. The summed E-state index contributed by atoms with van der Waals surface area (Å²) in [4.78, 5) is 0. The number of hydrogen-bond donors (Lipinski definition) is 1. The molecule has 1 aromatic carbocycles. The van der Waals surface area contributed by atoms with E-state index in [1.54, 1.807) is 0 Å². The molecule has 2 N–H and O–H groups in total. The second-order valence-corrected chi connectivity index (χ2v) is 4.84. The summed E-state index contributed by atoms with van der Waals surface area (Å²) in [5, 5.41) is 4.89. The molecular weight excluding hydrogens is 186 g/mol. The molecule has 0 fully saturated rings. The molecule has 0 aliphatic rings. The van der Waals surface area contributed by atoms with Gasteiger partial charge in [0.1, 0.15) is 0 Å². The van der Waals surface area contributed by atoms with Crippen molar-refractivity contribution in [2.75, 3.05) is 5.75 Å². The zero-order valence-electron chi connectivity index (χ0n) is 7.53. The SMILES string of the molecule is Cc1ccc(CCS(N)(=O)=O)cc1. The van der Waals surface area contributed by atoms with Crippen molar-refractivity contribution >= 4 is 10.0 Å². The van der Waals surface area contributed by atoms with Crippen molar-refractivity contribution in [3.8, 4) is 0 Å². The molecule has 0 spiro atoms. The van der Waals surface area contributed by atoms with Crippen LogP contribution in [0.15, 0.2) is 24.3 Å². The van der Waals surface area contributed by atoms with Gasteiger partial charge in [0.25, 0.3) is 0 Å². The molecule has 0 aliphatic heterocycles. The van der Waals surface area contributed by atoms with E-state index in [-0.39, 0.29) is 5.75 Å². The van der Waals surface area contributed by atoms with E-state index in [4.69, 9.17) is 5.14 Å². The summed E-state index contributed by atoms with van der Waals surface area (Å²) in [6.45, 7) is 1.99. The average molecular weight is 199 g/mol. The highest BCUT2D eigenvalue weighted by atomic mass is 32.2. The fourth-order valence-electron chi connectivity index (χ4n) is 1.01. The summed E-state index contributed by atoms with van der Waals surface area (Å²) in [5.74, 6) is 0.00998. The van der Waals surface area contributed by atoms with Gasteiger partial charge in [0.2, 0.25) is 10.0 Å². The molecule has 0 aliphatic carbocycles. The van der Waals surface area contributed by atoms with Crippen molar-refractivity contribution in [1.82, 2.24) is 0 Å². The Kier molecular flexibility index (Phi) is 3.06. The van der Waals surface area contributed by atoms with Crippen molar-refractivity contribution in [1.29, 1.82) is 0 Å². The topological polar surface area (TPSA) is 60.2 Å². The maximum atomic E-state index is 10.6. The third-order valence-corrected chi connectivity index (χ3v) is 2.57. The van der Waals surface area contributed by atoms with Crippen molar-refractivity contribution < 1.29 is 8.42 Å². The molecular formula is C9H13NO2S. The van der Waals surface area contributed by atoms with Gasteiger partial charge in [-0.3, -0.25) is 0 Å². The first-order chi connectivity index (χ1) is 5.97. The normalized spacial score (nSPS) is 11.5. The molecule has 72 valence electrons. The van der Waals surface area contributed by atoms with Crippen LogP contribution in [-0.2, 0) is 16.4 Å². The van der Waals surface area contributed by atoms with E-state index in [1.807, 2.05) is 31.2 Å². The summed E-state index contributed by atoms with van der Waals surface area (Å²) in [6.07, 6.45) is 0.485. The lowest BCUT2D eigenvalue weighted by molar-refractivity contribution is 0.597. The Balaban J connectivity index is 2.61. The number of benzene rings is 1. The molecule has 3 nitrogen and oxygen atoms in total. The molecule has 0 heterocycles. The smallest absolute Gasteiger partial charge is 0.209 e. The maximum Gasteiger partial charge on any atom is 0.209 e. The van der Waals surface area contributed by atoms with Crippen molar-refractivity contribution in [2.45, 2.75) is 13.3 Å². The molecule has 0 atom stereocenters. The molecule has 0 unspecified atom stereocenters. The summed E-state index contributed by atoms with van der Waals surface area (Å²) in [6, 6.07) is 7.75. The second-order valence-electron chi connectivity index (χ2n) is 3.10. The van der Waals surface area contributed by atoms with E-state index in [0.29, 0.717) is 6.42 Å². The van der Waals surface area contributed by atoms with E-state index in [9.17, 15) is 8.42 Å². The molecule has 1 rings (SSSR count). The Labute approximate surface area is 78.6 Å². The Hall–Kier alpha value is -0.870. The van der Waals surface area contributed by atoms with Crippen LogP contribution < -0.4 is 5.14 Å². The van der Waals surface area contributed by atoms with Crippen LogP contribution in [-0.4, -0.2) is 14.2 Å². The zero-order valence-corrected chi connectivity index (χ0v) is 8.34. The Morgan fingerprint density at radius 2 is 1.77 bits per heavy atom. The summed E-state index contributed by atoms with van der Waals surface area (Å²) in [5.41, 5.74) is 2.17. The van der Waals surface area contributed by atoms with Crippen LogP contribution in [0.25, 0.3) is 0 Å². The summed E-state index contributed by atoms with van der Waals surface area (Å²) in [7, 11) is -3.33. The predicted octanol–water partition coefficient (Wildman–Crippen LogP) is 0.826. The number of nitrogens with two attached hydrogens (primary N) is 1. The quantitative estimate of drug-likeness (QED) is 0.783. The van der Waals surface area contributed by atoms with Gasteiger partial charge < -0.3 is 0 Å². The first-order valence-electron chi connectivity index (χ1n) is 4.03. The highest BCUT2D eigenvalue weighted by molar-refractivity contribution is 7.89. The van der Waals surface area contributed by atoms with E-state index >= 15 is 0 Å². The zero-order chi connectivity index (χ0) is 9.90. The van der Waals surface area contributed by atoms with Gasteiger partial charge in [-0.05, 0) is 18.9 Å². The van der Waals surface area contributed by atoms with Crippen LogP contribution in [0.4, 0.5) is 0 Å². The minimum atomic E-state index is -3.33. The molecule has 0 radical (unpaired) electrons. The average Bonchev–Trinajstić information content (AvgIpc) is 2.02. The van der Waals surface area contributed by atoms with Gasteiger partial charge in [0.15, 0.2) is 0 Å². The van der Waals surface area contributed by atoms with Crippen LogP contribution in [0.3, 0.4) is 0 Å². The Bertz CT molecular complexity index is 367. The molecule has 13 heavy (non-hydrogen) atoms. The first-order valence-corrected chi connectivity index (χ1v) is 5.75. The minimum Gasteiger partial charge on any atom is -0.229 e. The molecule has 4 heteroatoms. The highest BCUT2D eigenvalue weighted by Gasteiger charge is 2.02. The molecule has 0 amide bonds. The van der Waals surface area contributed by atoms with Crippen LogP contribution in [0.2, 0.25) is 0 Å². The molecule has 0 saturated carbocycles. The predicted molar refractivity (Wildman–Crippen MR) is 52.9 cm³/mol. The lowest BCUT2D eigenvalue weighted by Crippen LogP contribution is -2.17. The fraction of sp³-hybridized carbons (Fsp3) is 0.333. The first kappa shape index (κ1) is 10.2. The van der Waals surface area contributed by atoms with Gasteiger partial charge in [-0.15, -0.1) is 0 Å². The number of rotatable bonds is 3. The molecule has 0 aromatic heterocycles. The third-order valence-electron chi connectivity index (χ3n) is 1.80. The van der Waals surface area contributed by atoms with Crippen LogP contribution in [0.5, 0.6) is 0 Å². The van der Waals surface area contributed by atoms with Crippen molar-refractivity contribution in [3.05, 3.63) is 35.4 Å². The minimum absolute atomic E-state index is 0.00998. The number of primary sulfonamides is 1. The third kappa shape index (κ3) is 4.05. The van der Waals surface area contributed by atoms with Crippen molar-refractivity contribution in [3.63, 3.8) is 0 Å². The lowest BCUT2D eigenvalue weighted by atomic mass is 10.1. The van der Waals surface area contributed by atoms with Gasteiger partial charge in [0.05, 0.1) is 5.75 Å². The van der Waals surface area contributed by atoms with Gasteiger partial charge in [-0.1, -0.05) is 29.8 Å². The standard InChI is InChI=1S/C9H13NO2S/c1-8-2-4-9(5-3-8)6-7-13(10,11)12/h2-5H,6-7H2,1H3,(H2,10,11,12). The monoisotopic (exact) mass is 199 g/mol. The van der Waals surface area contributed by atoms with Crippen LogP contribution in [0, 0.1) is 6.92 Å². The number of hydrogen-bond acceptors (Lipinski definition) is 2. The Morgan fingerprint density at radius 3 is 2.23 bits per heavy atom. The van der Waals surface area contributed by atoms with Crippen molar-refractivity contribution in [2.24, 2.45) is 5.14 Å². The molecule has 1 aromatic rings.